The van der Waals surface area contributed by atoms with Gasteiger partial charge in [-0.25, -0.2) is 0 Å². The van der Waals surface area contributed by atoms with E-state index in [-0.39, 0.29) is 0 Å². The smallest absolute Gasteiger partial charge is 0.301 e. The highest BCUT2D eigenvalue weighted by molar-refractivity contribution is 6.85. The van der Waals surface area contributed by atoms with Gasteiger partial charge in [-0.15, -0.1) is 13.2 Å². The summed E-state index contributed by atoms with van der Waals surface area (Å²) in [6.07, 6.45) is 1.48. The minimum atomic E-state index is -1.91. The maximum atomic E-state index is 5.46. The van der Waals surface area contributed by atoms with E-state index in [1.54, 1.807) is 0 Å². The molecule has 2 heteroatoms. The summed E-state index contributed by atoms with van der Waals surface area (Å²) in [4.78, 5) is 0. The highest BCUT2D eigenvalue weighted by Crippen LogP contribution is 2.21. The largest absolute Gasteiger partial charge is 0.542 e. The molecule has 0 saturated carbocycles. The Hall–Kier alpha value is -0.763. The van der Waals surface area contributed by atoms with Gasteiger partial charge in [0, 0.05) is 0 Å². The van der Waals surface area contributed by atoms with Gasteiger partial charge in [0.05, 0.1) is 6.26 Å². The average Bonchev–Trinajstić information content (AvgIpc) is 1.87. The van der Waals surface area contributed by atoms with E-state index < -0.39 is 8.32 Å². The molecule has 0 rings (SSSR count). The molecule has 0 bridgehead atoms. The topological polar surface area (TPSA) is 9.23 Å². The van der Waals surface area contributed by atoms with Crippen LogP contribution < -0.4 is 0 Å². The second-order valence-corrected chi connectivity index (χ2v) is 6.89. The molecule has 62 valence electrons. The van der Waals surface area contributed by atoms with Gasteiger partial charge in [0.15, 0.2) is 0 Å². The lowest BCUT2D eigenvalue weighted by Crippen LogP contribution is -2.35. The molecule has 0 fully saturated rings. The van der Waals surface area contributed by atoms with Crippen molar-refractivity contribution in [3.63, 3.8) is 0 Å². The molecule has 0 aliphatic carbocycles. The fourth-order valence-corrected chi connectivity index (χ4v) is 2.20. The first-order valence-corrected chi connectivity index (χ1v) is 5.96. The average molecular weight is 168 g/mol. The van der Waals surface area contributed by atoms with Gasteiger partial charge in [-0.2, -0.15) is 0 Å². The second kappa shape index (κ2) is 3.58. The zero-order chi connectivity index (χ0) is 9.07. The molecule has 0 radical (unpaired) electrons. The molecule has 0 aromatic heterocycles. The molecule has 0 saturated heterocycles. The van der Waals surface area contributed by atoms with Crippen LogP contribution in [0.2, 0.25) is 6.55 Å². The summed E-state index contributed by atoms with van der Waals surface area (Å²) in [7, 11) is -1.91. The van der Waals surface area contributed by atoms with Crippen LogP contribution in [0.4, 0.5) is 0 Å². The quantitative estimate of drug-likeness (QED) is 0.463. The molecular weight excluding hydrogens is 152 g/mol. The van der Waals surface area contributed by atoms with E-state index in [1.165, 1.54) is 6.26 Å². The SMILES string of the molecule is C=CO[Si](C)(C(=C)C)C(=C)C. The third-order valence-electron chi connectivity index (χ3n) is 1.95. The van der Waals surface area contributed by atoms with Gasteiger partial charge in [-0.05, 0) is 30.8 Å². The first-order chi connectivity index (χ1) is 4.95. The highest BCUT2D eigenvalue weighted by Gasteiger charge is 2.31. The fraction of sp³-hybridized carbons (Fsp3) is 0.333. The van der Waals surface area contributed by atoms with Crippen LogP contribution in [-0.4, -0.2) is 8.32 Å². The Bertz CT molecular complexity index is 180. The normalized spacial score (nSPS) is 10.5. The first-order valence-electron chi connectivity index (χ1n) is 3.56. The van der Waals surface area contributed by atoms with Crippen LogP contribution >= 0.6 is 0 Å². The lowest BCUT2D eigenvalue weighted by molar-refractivity contribution is 0.485. The summed E-state index contributed by atoms with van der Waals surface area (Å²) in [6, 6.07) is 0. The van der Waals surface area contributed by atoms with E-state index in [9.17, 15) is 0 Å². The van der Waals surface area contributed by atoms with Crippen LogP contribution in [0.3, 0.4) is 0 Å². The molecule has 0 atom stereocenters. The predicted octanol–water partition coefficient (Wildman–Crippen LogP) is 2.95. The van der Waals surface area contributed by atoms with Crippen LogP contribution in [0.1, 0.15) is 13.8 Å². The lowest BCUT2D eigenvalue weighted by Gasteiger charge is -2.26. The van der Waals surface area contributed by atoms with Crippen LogP contribution in [0.15, 0.2) is 36.4 Å². The second-order valence-electron chi connectivity index (χ2n) is 2.88. The monoisotopic (exact) mass is 168 g/mol. The Morgan fingerprint density at radius 2 is 1.64 bits per heavy atom. The number of rotatable bonds is 4. The third-order valence-corrected chi connectivity index (χ3v) is 5.84. The Morgan fingerprint density at radius 3 is 1.73 bits per heavy atom. The van der Waals surface area contributed by atoms with E-state index in [0.29, 0.717) is 0 Å². The predicted molar refractivity (Wildman–Crippen MR) is 52.5 cm³/mol. The van der Waals surface area contributed by atoms with Gasteiger partial charge in [0.25, 0.3) is 0 Å². The fourth-order valence-electron chi connectivity index (χ4n) is 0.732. The van der Waals surface area contributed by atoms with Crippen molar-refractivity contribution in [1.82, 2.24) is 0 Å². The summed E-state index contributed by atoms with van der Waals surface area (Å²) in [5.74, 6) is 0. The Balaban J connectivity index is 4.65. The summed E-state index contributed by atoms with van der Waals surface area (Å²) in [6.45, 7) is 17.4. The highest BCUT2D eigenvalue weighted by atomic mass is 28.4. The van der Waals surface area contributed by atoms with Crippen LogP contribution in [-0.2, 0) is 4.43 Å². The molecule has 0 unspecified atom stereocenters. The lowest BCUT2D eigenvalue weighted by atomic mass is 10.7. The Labute approximate surface area is 70.2 Å². The van der Waals surface area contributed by atoms with E-state index >= 15 is 0 Å². The van der Waals surface area contributed by atoms with Crippen molar-refractivity contribution in [2.75, 3.05) is 0 Å². The first kappa shape index (κ1) is 10.2. The molecule has 0 aromatic rings. The van der Waals surface area contributed by atoms with E-state index in [0.717, 1.165) is 10.4 Å². The molecule has 1 nitrogen and oxygen atoms in total. The molecular formula is C9H16OSi. The summed E-state index contributed by atoms with van der Waals surface area (Å²) < 4.78 is 5.46. The van der Waals surface area contributed by atoms with Crippen LogP contribution in [0.25, 0.3) is 0 Å². The van der Waals surface area contributed by atoms with Gasteiger partial charge in [-0.1, -0.05) is 6.58 Å². The zero-order valence-corrected chi connectivity index (χ0v) is 8.61. The number of allylic oxidation sites excluding steroid dienone is 2. The Kier molecular flexibility index (Phi) is 3.33. The summed E-state index contributed by atoms with van der Waals surface area (Å²) in [5, 5.41) is 2.15. The Morgan fingerprint density at radius 1 is 1.27 bits per heavy atom. The maximum absolute atomic E-state index is 5.46. The molecule has 0 N–H and O–H groups in total. The van der Waals surface area contributed by atoms with Crippen molar-refractivity contribution >= 4 is 8.32 Å². The number of hydrogen-bond acceptors (Lipinski definition) is 1. The molecule has 0 amide bonds. The van der Waals surface area contributed by atoms with E-state index in [1.807, 2.05) is 13.8 Å². The van der Waals surface area contributed by atoms with E-state index in [2.05, 4.69) is 26.3 Å². The summed E-state index contributed by atoms with van der Waals surface area (Å²) in [5.41, 5.74) is 0. The van der Waals surface area contributed by atoms with Crippen LogP contribution in [0.5, 0.6) is 0 Å². The minimum absolute atomic E-state index is 1.07. The van der Waals surface area contributed by atoms with Crippen molar-refractivity contribution < 1.29 is 4.43 Å². The van der Waals surface area contributed by atoms with Gasteiger partial charge in [0.2, 0.25) is 0 Å². The molecule has 0 heterocycles. The van der Waals surface area contributed by atoms with Crippen molar-refractivity contribution in [2.45, 2.75) is 20.4 Å². The van der Waals surface area contributed by atoms with Gasteiger partial charge in [0.1, 0.15) is 0 Å². The van der Waals surface area contributed by atoms with E-state index in [4.69, 9.17) is 4.43 Å². The van der Waals surface area contributed by atoms with Gasteiger partial charge in [-0.3, -0.25) is 0 Å². The molecule has 0 aliphatic heterocycles. The van der Waals surface area contributed by atoms with Crippen molar-refractivity contribution in [1.29, 1.82) is 0 Å². The van der Waals surface area contributed by atoms with Crippen molar-refractivity contribution in [3.05, 3.63) is 36.4 Å². The van der Waals surface area contributed by atoms with Crippen molar-refractivity contribution in [3.8, 4) is 0 Å². The summed E-state index contributed by atoms with van der Waals surface area (Å²) >= 11 is 0. The van der Waals surface area contributed by atoms with Gasteiger partial charge < -0.3 is 4.43 Å². The zero-order valence-electron chi connectivity index (χ0n) is 7.61. The minimum Gasteiger partial charge on any atom is -0.542 e. The molecule has 0 aromatic carbocycles. The molecule has 11 heavy (non-hydrogen) atoms. The van der Waals surface area contributed by atoms with Gasteiger partial charge >= 0.3 is 8.32 Å². The van der Waals surface area contributed by atoms with Crippen molar-refractivity contribution in [2.24, 2.45) is 0 Å². The van der Waals surface area contributed by atoms with Crippen LogP contribution in [0, 0.1) is 0 Å². The number of hydrogen-bond donors (Lipinski definition) is 0. The maximum Gasteiger partial charge on any atom is 0.301 e. The standard InChI is InChI=1S/C9H16OSi/c1-7-10-11(6,8(2)3)9(4)5/h7H,1-2,4H2,3,5-6H3. The molecule has 0 aliphatic rings. The molecule has 0 spiro atoms. The third kappa shape index (κ3) is 2.08.